The molecule has 0 amide bonds. The van der Waals surface area contributed by atoms with Gasteiger partial charge in [0.25, 0.3) is 0 Å². The quantitative estimate of drug-likeness (QED) is 0.914. The summed E-state index contributed by atoms with van der Waals surface area (Å²) in [6.45, 7) is 6.44. The van der Waals surface area contributed by atoms with E-state index in [-0.39, 0.29) is 12.6 Å². The second-order valence-corrected chi connectivity index (χ2v) is 5.38. The lowest BCUT2D eigenvalue weighted by molar-refractivity contribution is 0.107. The van der Waals surface area contributed by atoms with E-state index in [1.54, 1.807) is 0 Å². The molecule has 2 aromatic heterocycles. The SMILES string of the molecule is Cc1noc(C)c1CN1Cc2ccnn2CC[C@@H]1CO. The highest BCUT2D eigenvalue weighted by molar-refractivity contribution is 5.21. The average molecular weight is 276 g/mol. The van der Waals surface area contributed by atoms with Crippen molar-refractivity contribution >= 4 is 0 Å². The minimum atomic E-state index is 0.144. The van der Waals surface area contributed by atoms with Gasteiger partial charge in [-0.15, -0.1) is 0 Å². The van der Waals surface area contributed by atoms with E-state index in [1.807, 2.05) is 30.8 Å². The standard InChI is InChI=1S/C14H20N4O2/c1-10-14(11(2)20-16-10)8-17-7-12-3-5-15-18(12)6-4-13(17)9-19/h3,5,13,19H,4,6-9H2,1-2H3/t13-/m1/s1. The van der Waals surface area contributed by atoms with Crippen molar-refractivity contribution in [3.63, 3.8) is 0 Å². The molecule has 1 N–H and O–H groups in total. The van der Waals surface area contributed by atoms with Gasteiger partial charge in [-0.1, -0.05) is 5.16 Å². The number of aromatic nitrogens is 3. The van der Waals surface area contributed by atoms with E-state index in [9.17, 15) is 5.11 Å². The monoisotopic (exact) mass is 276 g/mol. The molecule has 0 spiro atoms. The molecule has 20 heavy (non-hydrogen) atoms. The molecule has 6 heteroatoms. The van der Waals surface area contributed by atoms with Crippen molar-refractivity contribution in [1.82, 2.24) is 19.8 Å². The second kappa shape index (κ2) is 5.38. The third-order valence-corrected chi connectivity index (χ3v) is 4.11. The number of fused-ring (bicyclic) bond motifs is 1. The molecule has 1 atom stereocenters. The molecule has 0 saturated heterocycles. The molecular weight excluding hydrogens is 256 g/mol. The molecule has 108 valence electrons. The number of hydrogen-bond acceptors (Lipinski definition) is 5. The molecule has 0 unspecified atom stereocenters. The summed E-state index contributed by atoms with van der Waals surface area (Å²) in [5.74, 6) is 0.858. The van der Waals surface area contributed by atoms with Crippen molar-refractivity contribution in [3.8, 4) is 0 Å². The molecule has 0 bridgehead atoms. The van der Waals surface area contributed by atoms with Crippen LogP contribution < -0.4 is 0 Å². The van der Waals surface area contributed by atoms with Gasteiger partial charge in [-0.05, 0) is 26.3 Å². The summed E-state index contributed by atoms with van der Waals surface area (Å²) in [5, 5.41) is 18.0. The fraction of sp³-hybridized carbons (Fsp3) is 0.571. The Labute approximate surface area is 118 Å². The Hall–Kier alpha value is -1.66. The summed E-state index contributed by atoms with van der Waals surface area (Å²) in [6.07, 6.45) is 2.73. The zero-order valence-electron chi connectivity index (χ0n) is 11.9. The van der Waals surface area contributed by atoms with E-state index in [0.29, 0.717) is 0 Å². The van der Waals surface area contributed by atoms with E-state index in [1.165, 1.54) is 5.69 Å². The second-order valence-electron chi connectivity index (χ2n) is 5.38. The highest BCUT2D eigenvalue weighted by Crippen LogP contribution is 2.22. The molecule has 0 aromatic carbocycles. The largest absolute Gasteiger partial charge is 0.395 e. The minimum absolute atomic E-state index is 0.144. The first-order valence-corrected chi connectivity index (χ1v) is 6.96. The van der Waals surface area contributed by atoms with Crippen molar-refractivity contribution in [2.45, 2.75) is 45.9 Å². The highest BCUT2D eigenvalue weighted by atomic mass is 16.5. The number of aliphatic hydroxyl groups is 1. The molecule has 2 aromatic rings. The number of rotatable bonds is 3. The van der Waals surface area contributed by atoms with Crippen LogP contribution in [0.3, 0.4) is 0 Å². The maximum absolute atomic E-state index is 9.66. The van der Waals surface area contributed by atoms with Crippen LogP contribution in [0.2, 0.25) is 0 Å². The summed E-state index contributed by atoms with van der Waals surface area (Å²) in [4.78, 5) is 2.28. The van der Waals surface area contributed by atoms with Crippen LogP contribution in [0.25, 0.3) is 0 Å². The van der Waals surface area contributed by atoms with E-state index in [4.69, 9.17) is 4.52 Å². The van der Waals surface area contributed by atoms with Crippen molar-refractivity contribution < 1.29 is 9.63 Å². The predicted molar refractivity (Wildman–Crippen MR) is 72.9 cm³/mol. The third-order valence-electron chi connectivity index (χ3n) is 4.11. The van der Waals surface area contributed by atoms with Gasteiger partial charge in [0.1, 0.15) is 5.76 Å². The van der Waals surface area contributed by atoms with Gasteiger partial charge in [0.2, 0.25) is 0 Å². The van der Waals surface area contributed by atoms with Gasteiger partial charge in [0.15, 0.2) is 0 Å². The summed E-state index contributed by atoms with van der Waals surface area (Å²) >= 11 is 0. The predicted octanol–water partition coefficient (Wildman–Crippen LogP) is 1.25. The molecule has 1 aliphatic heterocycles. The summed E-state index contributed by atoms with van der Waals surface area (Å²) in [5.41, 5.74) is 3.24. The fourth-order valence-corrected chi connectivity index (χ4v) is 2.81. The van der Waals surface area contributed by atoms with Gasteiger partial charge in [0.05, 0.1) is 18.0 Å². The zero-order valence-corrected chi connectivity index (χ0v) is 11.9. The Balaban J connectivity index is 1.85. The van der Waals surface area contributed by atoms with Crippen LogP contribution in [0, 0.1) is 13.8 Å². The summed E-state index contributed by atoms with van der Waals surface area (Å²) in [6, 6.07) is 2.19. The summed E-state index contributed by atoms with van der Waals surface area (Å²) < 4.78 is 7.26. The van der Waals surface area contributed by atoms with Crippen molar-refractivity contribution in [2.75, 3.05) is 6.61 Å². The van der Waals surface area contributed by atoms with Gasteiger partial charge in [-0.2, -0.15) is 5.10 Å². The van der Waals surface area contributed by atoms with Crippen LogP contribution in [0.5, 0.6) is 0 Å². The topological polar surface area (TPSA) is 67.3 Å². The molecule has 0 saturated carbocycles. The molecule has 3 heterocycles. The lowest BCUT2D eigenvalue weighted by atomic mass is 10.1. The molecule has 0 fully saturated rings. The van der Waals surface area contributed by atoms with Crippen LogP contribution in [0.15, 0.2) is 16.8 Å². The first kappa shape index (κ1) is 13.3. The van der Waals surface area contributed by atoms with Crippen molar-refractivity contribution in [3.05, 3.63) is 35.0 Å². The van der Waals surface area contributed by atoms with Crippen LogP contribution in [0.4, 0.5) is 0 Å². The van der Waals surface area contributed by atoms with E-state index >= 15 is 0 Å². The smallest absolute Gasteiger partial charge is 0.138 e. The first-order chi connectivity index (χ1) is 9.69. The summed E-state index contributed by atoms with van der Waals surface area (Å²) in [7, 11) is 0. The zero-order chi connectivity index (χ0) is 14.1. The normalized spacial score (nSPS) is 19.9. The minimum Gasteiger partial charge on any atom is -0.395 e. The molecular formula is C14H20N4O2. The van der Waals surface area contributed by atoms with Gasteiger partial charge >= 0.3 is 0 Å². The molecule has 6 nitrogen and oxygen atoms in total. The Kier molecular flexibility index (Phi) is 3.58. The lowest BCUT2D eigenvalue weighted by Crippen LogP contribution is -2.36. The lowest BCUT2D eigenvalue weighted by Gasteiger charge is -2.27. The Morgan fingerprint density at radius 2 is 2.30 bits per heavy atom. The average Bonchev–Trinajstić information content (AvgIpc) is 2.96. The first-order valence-electron chi connectivity index (χ1n) is 6.96. The van der Waals surface area contributed by atoms with Gasteiger partial charge < -0.3 is 9.63 Å². The number of hydrogen-bond donors (Lipinski definition) is 1. The van der Waals surface area contributed by atoms with Crippen LogP contribution in [-0.2, 0) is 19.6 Å². The Morgan fingerprint density at radius 3 is 3.00 bits per heavy atom. The number of aliphatic hydroxyl groups excluding tert-OH is 1. The van der Waals surface area contributed by atoms with Crippen molar-refractivity contribution in [1.29, 1.82) is 0 Å². The Bertz CT molecular complexity index is 570. The Morgan fingerprint density at radius 1 is 1.45 bits per heavy atom. The highest BCUT2D eigenvalue weighted by Gasteiger charge is 2.25. The van der Waals surface area contributed by atoms with E-state index in [2.05, 4.69) is 15.2 Å². The molecule has 0 radical (unpaired) electrons. The molecule has 1 aliphatic rings. The third kappa shape index (κ3) is 2.36. The van der Waals surface area contributed by atoms with Gasteiger partial charge in [0, 0.05) is 37.4 Å². The van der Waals surface area contributed by atoms with Gasteiger partial charge in [-0.3, -0.25) is 9.58 Å². The van der Waals surface area contributed by atoms with Crippen LogP contribution >= 0.6 is 0 Å². The number of aryl methyl sites for hydroxylation is 3. The fourth-order valence-electron chi connectivity index (χ4n) is 2.81. The van der Waals surface area contributed by atoms with Gasteiger partial charge in [-0.25, -0.2) is 0 Å². The molecule has 3 rings (SSSR count). The van der Waals surface area contributed by atoms with E-state index < -0.39 is 0 Å². The van der Waals surface area contributed by atoms with E-state index in [0.717, 1.165) is 43.1 Å². The van der Waals surface area contributed by atoms with Crippen molar-refractivity contribution in [2.24, 2.45) is 0 Å². The van der Waals surface area contributed by atoms with Crippen LogP contribution in [0.1, 0.15) is 29.1 Å². The maximum Gasteiger partial charge on any atom is 0.138 e. The maximum atomic E-state index is 9.66. The molecule has 0 aliphatic carbocycles. The van der Waals surface area contributed by atoms with Crippen LogP contribution in [-0.4, -0.2) is 37.6 Å². The number of nitrogens with zero attached hydrogens (tertiary/aromatic N) is 4.